The molecule has 0 saturated heterocycles. The number of hydrogen-bond acceptors (Lipinski definition) is 2. The average molecular weight is 183 g/mol. The van der Waals surface area contributed by atoms with E-state index in [1.807, 2.05) is 6.58 Å². The zero-order chi connectivity index (χ0) is 8.44. The van der Waals surface area contributed by atoms with Crippen molar-refractivity contribution in [2.75, 3.05) is 0 Å². The minimum Gasteiger partial charge on any atom is -0.185 e. The lowest BCUT2D eigenvalue weighted by molar-refractivity contribution is -0.533. The van der Waals surface area contributed by atoms with Gasteiger partial charge in [-0.1, -0.05) is 11.7 Å². The second-order valence-corrected chi connectivity index (χ2v) is 3.11. The van der Waals surface area contributed by atoms with E-state index in [4.69, 9.17) is 5.26 Å². The van der Waals surface area contributed by atoms with Crippen LogP contribution in [0.1, 0.15) is 0 Å². The Bertz CT molecular complexity index is 206. The Morgan fingerprint density at radius 3 is 2.00 bits per heavy atom. The van der Waals surface area contributed by atoms with Crippen LogP contribution in [0, 0.1) is 0 Å². The van der Waals surface area contributed by atoms with Crippen LogP contribution in [0.15, 0.2) is 11.7 Å². The highest BCUT2D eigenvalue weighted by Crippen LogP contribution is 2.41. The topological polar surface area (TPSA) is 40.8 Å². The largest absolute Gasteiger partial charge is 0.531 e. The number of hydrogen-bond donors (Lipinski definition) is 1. The Hall–Kier alpha value is -0.470. The van der Waals surface area contributed by atoms with Gasteiger partial charge in [0.05, 0.1) is 0 Å². The molecule has 62 valence electrons. The summed E-state index contributed by atoms with van der Waals surface area (Å²) in [6.45, 7) is 1.96. The fourth-order valence-corrected chi connectivity index (χ4v) is 0.260. The minimum atomic E-state index is -7.34. The monoisotopic (exact) mass is 183 g/mol. The van der Waals surface area contributed by atoms with Crippen LogP contribution >= 0.6 is 0 Å². The molecule has 0 aliphatic carbocycles. The molecule has 0 aromatic heterocycles. The highest BCUT2D eigenvalue weighted by atomic mass is 32.4. The van der Waals surface area contributed by atoms with Gasteiger partial charge in [0, 0.05) is 0 Å². The molecule has 0 spiro atoms. The normalized spacial score (nSPS) is 15.5. The highest BCUT2D eigenvalue weighted by molar-refractivity contribution is 8.09. The summed E-state index contributed by atoms with van der Waals surface area (Å²) < 4.78 is 48.9. The van der Waals surface area contributed by atoms with E-state index in [1.54, 1.807) is 0 Å². The molecule has 0 heterocycles. The molecule has 0 unspecified atom stereocenters. The quantitative estimate of drug-likeness (QED) is 0.234. The Morgan fingerprint density at radius 2 is 1.90 bits per heavy atom. The summed E-state index contributed by atoms with van der Waals surface area (Å²) >= 11 is 0. The van der Waals surface area contributed by atoms with E-state index in [2.05, 4.69) is 9.03 Å². The Morgan fingerprint density at radius 1 is 1.50 bits per heavy atom. The molecule has 0 atom stereocenters. The van der Waals surface area contributed by atoms with Gasteiger partial charge in [-0.15, -0.1) is 0 Å². The van der Waals surface area contributed by atoms with Gasteiger partial charge in [0.2, 0.25) is 5.04 Å². The lowest BCUT2D eigenvalue weighted by Crippen LogP contribution is -2.14. The summed E-state index contributed by atoms with van der Waals surface area (Å²) in [5, 5.41) is 6.87. The van der Waals surface area contributed by atoms with Crippen LogP contribution in [-0.4, -0.2) is 5.26 Å². The first-order valence-electron chi connectivity index (χ1n) is 1.73. The maximum Gasteiger partial charge on any atom is 0.531 e. The summed E-state index contributed by atoms with van der Waals surface area (Å²) in [4.78, 5) is 0. The molecule has 0 radical (unpaired) electrons. The van der Waals surface area contributed by atoms with Gasteiger partial charge < -0.3 is 0 Å². The van der Waals surface area contributed by atoms with E-state index in [9.17, 15) is 16.0 Å². The first-order valence-corrected chi connectivity index (χ1v) is 3.39. The molecular formula is C2H3F4O3S+. The molecule has 0 aromatic carbocycles. The Balaban J connectivity index is 4.97. The first-order chi connectivity index (χ1) is 4.28. The van der Waals surface area contributed by atoms with E-state index in [0.29, 0.717) is 0 Å². The minimum absolute atomic E-state index is 1.96. The van der Waals surface area contributed by atoms with Crippen LogP contribution in [0.5, 0.6) is 0 Å². The van der Waals surface area contributed by atoms with E-state index >= 15 is 0 Å². The predicted octanol–water partition coefficient (Wildman–Crippen LogP) is 2.06. The fraction of sp³-hybridized carbons (Fsp3) is 0. The van der Waals surface area contributed by atoms with Crippen LogP contribution in [-0.2, 0) is 19.3 Å². The van der Waals surface area contributed by atoms with E-state index in [-0.39, 0.29) is 0 Å². The Kier molecular flexibility index (Phi) is 2.18. The van der Waals surface area contributed by atoms with Crippen LogP contribution in [0.3, 0.4) is 0 Å². The van der Waals surface area contributed by atoms with Crippen molar-refractivity contribution in [1.29, 1.82) is 0 Å². The van der Waals surface area contributed by atoms with Crippen molar-refractivity contribution < 1.29 is 30.3 Å². The maximum atomic E-state index is 11.7. The van der Waals surface area contributed by atoms with Crippen molar-refractivity contribution in [3.8, 4) is 0 Å². The molecule has 3 nitrogen and oxygen atoms in total. The van der Waals surface area contributed by atoms with Gasteiger partial charge in [-0.3, -0.25) is 0 Å². The van der Waals surface area contributed by atoms with Gasteiger partial charge >= 0.3 is 10.2 Å². The second kappa shape index (κ2) is 2.29. The summed E-state index contributed by atoms with van der Waals surface area (Å²) in [6, 6.07) is 0. The molecule has 0 aliphatic heterocycles. The number of halogens is 4. The molecule has 0 aromatic rings. The van der Waals surface area contributed by atoms with Crippen molar-refractivity contribution in [1.82, 2.24) is 0 Å². The summed E-state index contributed by atoms with van der Waals surface area (Å²) in [7, 11) is -7.34. The van der Waals surface area contributed by atoms with Crippen LogP contribution < -0.4 is 0 Å². The van der Waals surface area contributed by atoms with Gasteiger partial charge in [-0.25, -0.2) is 0 Å². The predicted molar refractivity (Wildman–Crippen MR) is 25.3 cm³/mol. The molecule has 0 rings (SSSR count). The van der Waals surface area contributed by atoms with Crippen molar-refractivity contribution in [3.63, 3.8) is 0 Å². The molecule has 0 amide bonds. The molecular weight excluding hydrogens is 180 g/mol. The first kappa shape index (κ1) is 9.53. The van der Waals surface area contributed by atoms with Crippen molar-refractivity contribution in [2.24, 2.45) is 0 Å². The molecule has 0 fully saturated rings. The summed E-state index contributed by atoms with van der Waals surface area (Å²) in [6.07, 6.45) is 0. The van der Waals surface area contributed by atoms with E-state index < -0.39 is 15.4 Å². The van der Waals surface area contributed by atoms with Gasteiger partial charge in [0.25, 0.3) is 5.16 Å². The maximum absolute atomic E-state index is 11.7. The van der Waals surface area contributed by atoms with E-state index in [0.717, 1.165) is 0 Å². The van der Waals surface area contributed by atoms with Crippen molar-refractivity contribution in [3.05, 3.63) is 11.7 Å². The Labute approximate surface area is 53.4 Å². The highest BCUT2D eigenvalue weighted by Gasteiger charge is 2.55. The zero-order valence-electron chi connectivity index (χ0n) is 4.39. The van der Waals surface area contributed by atoms with E-state index in [1.165, 1.54) is 0 Å². The smallest absolute Gasteiger partial charge is 0.185 e. The van der Waals surface area contributed by atoms with Crippen LogP contribution in [0.4, 0.5) is 16.0 Å². The molecule has 0 saturated carbocycles. The second-order valence-electron chi connectivity index (χ2n) is 1.18. The number of rotatable bonds is 2. The van der Waals surface area contributed by atoms with Crippen LogP contribution in [0.2, 0.25) is 0 Å². The fourth-order valence-electron chi connectivity index (χ4n) is 0.0866. The van der Waals surface area contributed by atoms with Crippen LogP contribution in [0.25, 0.3) is 0 Å². The third-order valence-electron chi connectivity index (χ3n) is 0.483. The van der Waals surface area contributed by atoms with Crippen molar-refractivity contribution >= 4 is 10.2 Å². The molecule has 10 heavy (non-hydrogen) atoms. The van der Waals surface area contributed by atoms with Gasteiger partial charge in [0.15, 0.2) is 0 Å². The zero-order valence-corrected chi connectivity index (χ0v) is 5.21. The van der Waals surface area contributed by atoms with Gasteiger partial charge in [-0.2, -0.15) is 9.65 Å². The third-order valence-corrected chi connectivity index (χ3v) is 1.45. The molecule has 0 bridgehead atoms. The molecule has 1 N–H and O–H groups in total. The molecule has 8 heteroatoms. The summed E-state index contributed by atoms with van der Waals surface area (Å²) in [5.74, 6) is 0. The van der Waals surface area contributed by atoms with Crippen molar-refractivity contribution in [2.45, 2.75) is 0 Å². The molecule has 0 aliphatic rings. The third kappa shape index (κ3) is 2.05. The SMILES string of the molecule is C=C(F)S(F)(F)(F)=[O+]OO. The standard InChI is InChI=1S/C2H2F4O3S/c1-2(3)10(4,5,6)9-8-7/h1H2/p+1. The van der Waals surface area contributed by atoms with Gasteiger partial charge in [-0.05, 0) is 6.58 Å². The lowest BCUT2D eigenvalue weighted by Gasteiger charge is -2.00. The average Bonchev–Trinajstić information content (AvgIpc) is 1.62. The van der Waals surface area contributed by atoms with Gasteiger partial charge in [0.1, 0.15) is 3.99 Å². The summed E-state index contributed by atoms with van der Waals surface area (Å²) in [5.41, 5.74) is 0. The lowest BCUT2D eigenvalue weighted by atomic mass is 11.2.